The Kier molecular flexibility index (Phi) is 6.71. The normalized spacial score (nSPS) is 10.6. The summed E-state index contributed by atoms with van der Waals surface area (Å²) in [5.41, 5.74) is 2.16. The summed E-state index contributed by atoms with van der Waals surface area (Å²) < 4.78 is 4.95. The van der Waals surface area contributed by atoms with E-state index in [9.17, 15) is 4.79 Å². The van der Waals surface area contributed by atoms with Crippen LogP contribution in [0.5, 0.6) is 0 Å². The van der Waals surface area contributed by atoms with E-state index in [4.69, 9.17) is 16.3 Å². The molecular formula is C15H22ClNO2. The maximum absolute atomic E-state index is 11.4. The van der Waals surface area contributed by atoms with Gasteiger partial charge in [-0.2, -0.15) is 0 Å². The average Bonchev–Trinajstić information content (AvgIpc) is 2.36. The molecule has 1 N–H and O–H groups in total. The van der Waals surface area contributed by atoms with Crippen LogP contribution in [0.1, 0.15) is 38.3 Å². The monoisotopic (exact) mass is 283 g/mol. The van der Waals surface area contributed by atoms with E-state index < -0.39 is 6.09 Å². The third kappa shape index (κ3) is 5.97. The summed E-state index contributed by atoms with van der Waals surface area (Å²) in [5, 5.41) is 3.38. The van der Waals surface area contributed by atoms with Crippen molar-refractivity contribution >= 4 is 17.7 Å². The first-order chi connectivity index (χ1) is 9.02. The molecular weight excluding hydrogens is 262 g/mol. The molecule has 0 bridgehead atoms. The van der Waals surface area contributed by atoms with Gasteiger partial charge in [0.05, 0.1) is 6.61 Å². The van der Waals surface area contributed by atoms with Crippen LogP contribution >= 0.6 is 11.6 Å². The van der Waals surface area contributed by atoms with Crippen LogP contribution in [0.2, 0.25) is 5.02 Å². The van der Waals surface area contributed by atoms with Gasteiger partial charge in [0, 0.05) is 11.6 Å². The third-order valence-electron chi connectivity index (χ3n) is 2.61. The molecule has 0 atom stereocenters. The Bertz CT molecular complexity index is 419. The molecule has 4 heteroatoms. The molecule has 0 unspecified atom stereocenters. The molecule has 1 amide bonds. The lowest BCUT2D eigenvalue weighted by atomic mass is 10.0. The van der Waals surface area contributed by atoms with Crippen molar-refractivity contribution in [1.29, 1.82) is 0 Å². The van der Waals surface area contributed by atoms with Crippen molar-refractivity contribution in [3.63, 3.8) is 0 Å². The van der Waals surface area contributed by atoms with Crippen LogP contribution in [0, 0.1) is 5.92 Å². The fourth-order valence-electron chi connectivity index (χ4n) is 1.78. The zero-order chi connectivity index (χ0) is 14.3. The van der Waals surface area contributed by atoms with E-state index in [0.29, 0.717) is 24.1 Å². The van der Waals surface area contributed by atoms with Gasteiger partial charge in [0.1, 0.15) is 0 Å². The quantitative estimate of drug-likeness (QED) is 0.851. The number of amides is 1. The van der Waals surface area contributed by atoms with Crippen molar-refractivity contribution in [3.05, 3.63) is 34.3 Å². The fraction of sp³-hybridized carbons (Fsp3) is 0.533. The smallest absolute Gasteiger partial charge is 0.407 e. The topological polar surface area (TPSA) is 38.3 Å². The van der Waals surface area contributed by atoms with Crippen LogP contribution in [-0.4, -0.2) is 12.7 Å². The van der Waals surface area contributed by atoms with E-state index in [2.05, 4.69) is 19.2 Å². The predicted molar refractivity (Wildman–Crippen MR) is 78.5 cm³/mol. The van der Waals surface area contributed by atoms with Gasteiger partial charge in [-0.1, -0.05) is 44.5 Å². The number of hydrogen-bond acceptors (Lipinski definition) is 2. The summed E-state index contributed by atoms with van der Waals surface area (Å²) in [6.45, 7) is 7.14. The van der Waals surface area contributed by atoms with Gasteiger partial charge in [-0.15, -0.1) is 0 Å². The van der Waals surface area contributed by atoms with E-state index in [1.54, 1.807) is 0 Å². The van der Waals surface area contributed by atoms with Gasteiger partial charge in [-0.3, -0.25) is 0 Å². The summed E-state index contributed by atoms with van der Waals surface area (Å²) in [5.74, 6) is 0.594. The van der Waals surface area contributed by atoms with Gasteiger partial charge in [-0.05, 0) is 36.0 Å². The Labute approximate surface area is 120 Å². The van der Waals surface area contributed by atoms with Crippen LogP contribution in [0.15, 0.2) is 18.2 Å². The lowest BCUT2D eigenvalue weighted by Gasteiger charge is -2.11. The number of alkyl carbamates (subject to hydrolysis) is 1. The van der Waals surface area contributed by atoms with E-state index in [0.717, 1.165) is 18.4 Å². The molecule has 0 saturated heterocycles. The predicted octanol–water partition coefficient (Wildman–Crippen LogP) is 4.17. The van der Waals surface area contributed by atoms with Crippen molar-refractivity contribution in [1.82, 2.24) is 5.32 Å². The van der Waals surface area contributed by atoms with Gasteiger partial charge >= 0.3 is 6.09 Å². The molecule has 0 aliphatic rings. The minimum Gasteiger partial charge on any atom is -0.450 e. The lowest BCUT2D eigenvalue weighted by molar-refractivity contribution is 0.146. The molecule has 19 heavy (non-hydrogen) atoms. The third-order valence-corrected chi connectivity index (χ3v) is 2.98. The van der Waals surface area contributed by atoms with Crippen LogP contribution < -0.4 is 5.32 Å². The van der Waals surface area contributed by atoms with Gasteiger partial charge in [0.15, 0.2) is 0 Å². The molecule has 1 rings (SSSR count). The van der Waals surface area contributed by atoms with E-state index in [1.807, 2.05) is 25.1 Å². The molecule has 1 aromatic rings. The number of benzene rings is 1. The molecule has 106 valence electrons. The zero-order valence-electron chi connectivity index (χ0n) is 11.8. The zero-order valence-corrected chi connectivity index (χ0v) is 12.6. The van der Waals surface area contributed by atoms with Crippen LogP contribution in [-0.2, 0) is 17.7 Å². The van der Waals surface area contributed by atoms with Crippen molar-refractivity contribution < 1.29 is 9.53 Å². The summed E-state index contributed by atoms with van der Waals surface area (Å²) >= 11 is 6.13. The van der Waals surface area contributed by atoms with Gasteiger partial charge in [-0.25, -0.2) is 4.79 Å². The second-order valence-electron chi connectivity index (χ2n) is 5.01. The van der Waals surface area contributed by atoms with Crippen molar-refractivity contribution in [2.45, 2.75) is 40.2 Å². The van der Waals surface area contributed by atoms with E-state index >= 15 is 0 Å². The molecule has 0 aromatic heterocycles. The standard InChI is InChI=1S/C15H22ClNO2/c1-4-7-19-15(18)17-10-13-9-12(8-11(2)3)5-6-14(13)16/h5-6,9,11H,4,7-8,10H2,1-3H3,(H,17,18). The minimum absolute atomic E-state index is 0.396. The highest BCUT2D eigenvalue weighted by Gasteiger charge is 2.06. The Hall–Kier alpha value is -1.22. The number of carbonyl (C=O) groups is 1. The number of nitrogens with one attached hydrogen (secondary N) is 1. The Balaban J connectivity index is 2.59. The summed E-state index contributed by atoms with van der Waals surface area (Å²) in [6.07, 6.45) is 1.43. The summed E-state index contributed by atoms with van der Waals surface area (Å²) in [4.78, 5) is 11.4. The second kappa shape index (κ2) is 8.05. The highest BCUT2D eigenvalue weighted by molar-refractivity contribution is 6.31. The highest BCUT2D eigenvalue weighted by atomic mass is 35.5. The summed E-state index contributed by atoms with van der Waals surface area (Å²) in [6, 6.07) is 5.96. The van der Waals surface area contributed by atoms with Gasteiger partial charge in [0.2, 0.25) is 0 Å². The van der Waals surface area contributed by atoms with Crippen molar-refractivity contribution in [3.8, 4) is 0 Å². The largest absolute Gasteiger partial charge is 0.450 e. The lowest BCUT2D eigenvalue weighted by Crippen LogP contribution is -2.24. The van der Waals surface area contributed by atoms with Crippen LogP contribution in [0.4, 0.5) is 4.79 Å². The van der Waals surface area contributed by atoms with Crippen molar-refractivity contribution in [2.24, 2.45) is 5.92 Å². The molecule has 3 nitrogen and oxygen atoms in total. The SMILES string of the molecule is CCCOC(=O)NCc1cc(CC(C)C)ccc1Cl. The maximum Gasteiger partial charge on any atom is 0.407 e. The second-order valence-corrected chi connectivity index (χ2v) is 5.42. The van der Waals surface area contributed by atoms with Gasteiger partial charge < -0.3 is 10.1 Å². The van der Waals surface area contributed by atoms with Crippen LogP contribution in [0.3, 0.4) is 0 Å². The Morgan fingerprint density at radius 1 is 1.42 bits per heavy atom. The molecule has 1 aromatic carbocycles. The minimum atomic E-state index is -0.396. The van der Waals surface area contributed by atoms with E-state index in [-0.39, 0.29) is 0 Å². The number of rotatable bonds is 6. The molecule has 0 aliphatic carbocycles. The first kappa shape index (κ1) is 15.8. The molecule has 0 heterocycles. The number of halogens is 1. The highest BCUT2D eigenvalue weighted by Crippen LogP contribution is 2.19. The molecule has 0 aliphatic heterocycles. The van der Waals surface area contributed by atoms with E-state index in [1.165, 1.54) is 5.56 Å². The fourth-order valence-corrected chi connectivity index (χ4v) is 1.96. The summed E-state index contributed by atoms with van der Waals surface area (Å²) in [7, 11) is 0. The Morgan fingerprint density at radius 2 is 2.16 bits per heavy atom. The molecule has 0 radical (unpaired) electrons. The van der Waals surface area contributed by atoms with Gasteiger partial charge in [0.25, 0.3) is 0 Å². The number of ether oxygens (including phenoxy) is 1. The number of carbonyl (C=O) groups excluding carboxylic acids is 1. The van der Waals surface area contributed by atoms with Crippen LogP contribution in [0.25, 0.3) is 0 Å². The first-order valence-electron chi connectivity index (χ1n) is 6.70. The number of hydrogen-bond donors (Lipinski definition) is 1. The molecule has 0 fully saturated rings. The average molecular weight is 284 g/mol. The first-order valence-corrected chi connectivity index (χ1v) is 7.08. The Morgan fingerprint density at radius 3 is 2.79 bits per heavy atom. The molecule has 0 saturated carbocycles. The maximum atomic E-state index is 11.4. The van der Waals surface area contributed by atoms with Crippen molar-refractivity contribution in [2.75, 3.05) is 6.61 Å². The molecule has 0 spiro atoms.